The molecule has 0 amide bonds. The molecule has 0 aliphatic carbocycles. The molecule has 0 aliphatic rings. The third-order valence-electron chi connectivity index (χ3n) is 2.44. The van der Waals surface area contributed by atoms with Crippen molar-refractivity contribution in [2.24, 2.45) is 5.41 Å². The van der Waals surface area contributed by atoms with Crippen molar-refractivity contribution in [3.63, 3.8) is 0 Å². The minimum Gasteiger partial charge on any atom is -0.512 e. The van der Waals surface area contributed by atoms with Crippen molar-refractivity contribution in [2.75, 3.05) is 0 Å². The van der Waals surface area contributed by atoms with Gasteiger partial charge in [0.25, 0.3) is 0 Å². The van der Waals surface area contributed by atoms with Gasteiger partial charge in [-0.15, -0.1) is 0 Å². The van der Waals surface area contributed by atoms with Crippen LogP contribution in [0.15, 0.2) is 12.3 Å². The first-order valence-electron chi connectivity index (χ1n) is 4.89. The van der Waals surface area contributed by atoms with Crippen LogP contribution in [0.5, 0.6) is 0 Å². The van der Waals surface area contributed by atoms with Crippen molar-refractivity contribution in [1.82, 2.24) is 0 Å². The van der Waals surface area contributed by atoms with E-state index in [0.29, 0.717) is 5.76 Å². The molecule has 0 unspecified atom stereocenters. The Morgan fingerprint density at radius 3 is 2.25 bits per heavy atom. The predicted octanol–water partition coefficient (Wildman–Crippen LogP) is 4.05. The van der Waals surface area contributed by atoms with E-state index in [1.165, 1.54) is 25.7 Å². The molecule has 0 bridgehead atoms. The molecule has 0 radical (unpaired) electrons. The van der Waals surface area contributed by atoms with Crippen LogP contribution < -0.4 is 0 Å². The lowest BCUT2D eigenvalue weighted by atomic mass is 9.85. The van der Waals surface area contributed by atoms with E-state index in [9.17, 15) is 5.11 Å². The van der Waals surface area contributed by atoms with Crippen LogP contribution in [0.1, 0.15) is 52.9 Å². The molecule has 0 fully saturated rings. The SMILES string of the molecule is C=C(O)C(C)(C)CCCCCC. The molecular formula is C11H22O. The first kappa shape index (κ1) is 11.5. The molecule has 12 heavy (non-hydrogen) atoms. The fraction of sp³-hybridized carbons (Fsp3) is 0.818. The third-order valence-corrected chi connectivity index (χ3v) is 2.44. The van der Waals surface area contributed by atoms with Crippen molar-refractivity contribution in [1.29, 1.82) is 0 Å². The van der Waals surface area contributed by atoms with E-state index in [1.807, 2.05) is 13.8 Å². The van der Waals surface area contributed by atoms with E-state index in [1.54, 1.807) is 0 Å². The van der Waals surface area contributed by atoms with Crippen molar-refractivity contribution in [2.45, 2.75) is 52.9 Å². The quantitative estimate of drug-likeness (QED) is 0.471. The molecule has 0 aliphatic heterocycles. The number of rotatable bonds is 6. The third kappa shape index (κ3) is 4.42. The molecule has 0 saturated heterocycles. The van der Waals surface area contributed by atoms with E-state index in [4.69, 9.17) is 0 Å². The molecule has 0 atom stereocenters. The number of allylic oxidation sites excluding steroid dienone is 1. The van der Waals surface area contributed by atoms with Gasteiger partial charge in [-0.05, 0) is 6.42 Å². The number of hydrogen-bond donors (Lipinski definition) is 1. The maximum Gasteiger partial charge on any atom is 0.0907 e. The predicted molar refractivity (Wildman–Crippen MR) is 54.3 cm³/mol. The summed E-state index contributed by atoms with van der Waals surface area (Å²) in [7, 11) is 0. The number of aliphatic hydroxyl groups excluding tert-OH is 1. The Kier molecular flexibility index (Phi) is 5.03. The minimum absolute atomic E-state index is 0.0895. The van der Waals surface area contributed by atoms with Crippen molar-refractivity contribution >= 4 is 0 Å². The van der Waals surface area contributed by atoms with Gasteiger partial charge in [-0.3, -0.25) is 0 Å². The van der Waals surface area contributed by atoms with Crippen LogP contribution in [0.4, 0.5) is 0 Å². The number of hydrogen-bond acceptors (Lipinski definition) is 1. The minimum atomic E-state index is -0.0895. The average molecular weight is 170 g/mol. The van der Waals surface area contributed by atoms with E-state index >= 15 is 0 Å². The Hall–Kier alpha value is -0.460. The maximum absolute atomic E-state index is 9.24. The Morgan fingerprint density at radius 2 is 1.83 bits per heavy atom. The van der Waals surface area contributed by atoms with Crippen LogP contribution in [0.2, 0.25) is 0 Å². The summed E-state index contributed by atoms with van der Waals surface area (Å²) in [5.74, 6) is 0.319. The van der Waals surface area contributed by atoms with E-state index < -0.39 is 0 Å². The zero-order valence-electron chi connectivity index (χ0n) is 8.69. The Labute approximate surface area is 76.5 Å². The van der Waals surface area contributed by atoms with Gasteiger partial charge in [-0.1, -0.05) is 53.0 Å². The van der Waals surface area contributed by atoms with Crippen LogP contribution in [0.3, 0.4) is 0 Å². The van der Waals surface area contributed by atoms with Gasteiger partial charge in [0, 0.05) is 5.41 Å². The highest BCUT2D eigenvalue weighted by atomic mass is 16.3. The smallest absolute Gasteiger partial charge is 0.0907 e. The fourth-order valence-corrected chi connectivity index (χ4v) is 1.14. The molecule has 0 heterocycles. The Morgan fingerprint density at radius 1 is 1.25 bits per heavy atom. The maximum atomic E-state index is 9.24. The van der Waals surface area contributed by atoms with Gasteiger partial charge < -0.3 is 5.11 Å². The fourth-order valence-electron chi connectivity index (χ4n) is 1.14. The van der Waals surface area contributed by atoms with Gasteiger partial charge in [-0.2, -0.15) is 0 Å². The van der Waals surface area contributed by atoms with E-state index in [-0.39, 0.29) is 5.41 Å². The first-order chi connectivity index (χ1) is 5.50. The molecule has 0 saturated carbocycles. The van der Waals surface area contributed by atoms with Crippen LogP contribution >= 0.6 is 0 Å². The van der Waals surface area contributed by atoms with E-state index in [2.05, 4.69) is 13.5 Å². The lowest BCUT2D eigenvalue weighted by Crippen LogP contribution is -2.13. The highest BCUT2D eigenvalue weighted by Crippen LogP contribution is 2.29. The molecule has 0 aromatic heterocycles. The topological polar surface area (TPSA) is 20.2 Å². The molecular weight excluding hydrogens is 148 g/mol. The number of unbranched alkanes of at least 4 members (excludes halogenated alkanes) is 3. The van der Waals surface area contributed by atoms with Gasteiger partial charge in [-0.25, -0.2) is 0 Å². The standard InChI is InChI=1S/C11H22O/c1-5-6-7-8-9-11(3,4)10(2)12/h12H,2,5-9H2,1,3-4H3. The molecule has 0 aromatic rings. The summed E-state index contributed by atoms with van der Waals surface area (Å²) in [6.07, 6.45) is 6.07. The second-order valence-electron chi connectivity index (χ2n) is 4.14. The van der Waals surface area contributed by atoms with Gasteiger partial charge in [0.2, 0.25) is 0 Å². The van der Waals surface area contributed by atoms with Crippen LogP contribution in [-0.4, -0.2) is 5.11 Å². The highest BCUT2D eigenvalue weighted by molar-refractivity contribution is 4.95. The molecule has 0 rings (SSSR count). The summed E-state index contributed by atoms with van der Waals surface area (Å²) < 4.78 is 0. The summed E-state index contributed by atoms with van der Waals surface area (Å²) in [5.41, 5.74) is -0.0895. The summed E-state index contributed by atoms with van der Waals surface area (Å²) in [4.78, 5) is 0. The zero-order chi connectivity index (χ0) is 9.61. The monoisotopic (exact) mass is 170 g/mol. The molecule has 0 aromatic carbocycles. The highest BCUT2D eigenvalue weighted by Gasteiger charge is 2.20. The summed E-state index contributed by atoms with van der Waals surface area (Å²) in [5, 5.41) is 9.24. The van der Waals surface area contributed by atoms with Crippen molar-refractivity contribution < 1.29 is 5.11 Å². The van der Waals surface area contributed by atoms with Crippen LogP contribution in [0.25, 0.3) is 0 Å². The van der Waals surface area contributed by atoms with Gasteiger partial charge in [0.1, 0.15) is 0 Å². The van der Waals surface area contributed by atoms with Crippen LogP contribution in [0, 0.1) is 5.41 Å². The summed E-state index contributed by atoms with van der Waals surface area (Å²) >= 11 is 0. The van der Waals surface area contributed by atoms with Gasteiger partial charge in [0.15, 0.2) is 0 Å². The first-order valence-corrected chi connectivity index (χ1v) is 4.89. The molecule has 1 heteroatoms. The van der Waals surface area contributed by atoms with Crippen molar-refractivity contribution in [3.05, 3.63) is 12.3 Å². The molecule has 72 valence electrons. The largest absolute Gasteiger partial charge is 0.512 e. The lowest BCUT2D eigenvalue weighted by molar-refractivity contribution is 0.240. The Bertz CT molecular complexity index is 136. The lowest BCUT2D eigenvalue weighted by Gasteiger charge is -2.22. The molecule has 0 spiro atoms. The molecule has 1 nitrogen and oxygen atoms in total. The Balaban J connectivity index is 3.54. The van der Waals surface area contributed by atoms with Crippen molar-refractivity contribution in [3.8, 4) is 0 Å². The summed E-state index contributed by atoms with van der Waals surface area (Å²) in [6.45, 7) is 9.87. The van der Waals surface area contributed by atoms with Gasteiger partial charge >= 0.3 is 0 Å². The zero-order valence-corrected chi connectivity index (χ0v) is 8.69. The van der Waals surface area contributed by atoms with E-state index in [0.717, 1.165) is 6.42 Å². The van der Waals surface area contributed by atoms with Crippen LogP contribution in [-0.2, 0) is 0 Å². The normalized spacial score (nSPS) is 11.6. The number of aliphatic hydroxyl groups is 1. The van der Waals surface area contributed by atoms with Gasteiger partial charge in [0.05, 0.1) is 5.76 Å². The average Bonchev–Trinajstić information content (AvgIpc) is 1.98. The second-order valence-corrected chi connectivity index (χ2v) is 4.14. The molecule has 1 N–H and O–H groups in total. The summed E-state index contributed by atoms with van der Waals surface area (Å²) in [6, 6.07) is 0. The second kappa shape index (κ2) is 5.23.